The van der Waals surface area contributed by atoms with Gasteiger partial charge in [-0.1, -0.05) is 13.8 Å². The van der Waals surface area contributed by atoms with E-state index in [2.05, 4.69) is 36.8 Å². The highest BCUT2D eigenvalue weighted by atomic mass is 15.3. The first kappa shape index (κ1) is 14.4. The Morgan fingerprint density at radius 2 is 1.93 bits per heavy atom. The molecule has 0 aromatic rings. The lowest BCUT2D eigenvalue weighted by Crippen LogP contribution is -2.53. The van der Waals surface area contributed by atoms with E-state index in [-0.39, 0.29) is 0 Å². The molecule has 3 nitrogen and oxygen atoms in total. The minimum atomic E-state index is 0.432. The van der Waals surface area contributed by atoms with Crippen molar-refractivity contribution in [3.05, 3.63) is 0 Å². The van der Waals surface area contributed by atoms with E-state index in [9.17, 15) is 0 Å². The summed E-state index contributed by atoms with van der Waals surface area (Å²) in [5.74, 6) is 0. The van der Waals surface area contributed by atoms with Crippen molar-refractivity contribution in [2.45, 2.75) is 46.2 Å². The van der Waals surface area contributed by atoms with Crippen LogP contribution < -0.4 is 0 Å². The van der Waals surface area contributed by atoms with Gasteiger partial charge in [0.05, 0.1) is 12.5 Å². The molecule has 0 spiro atoms. The summed E-state index contributed by atoms with van der Waals surface area (Å²) in [4.78, 5) is 4.74. The third kappa shape index (κ3) is 4.63. The van der Waals surface area contributed by atoms with E-state index in [1.54, 1.807) is 0 Å². The highest BCUT2D eigenvalue weighted by molar-refractivity contribution is 4.88. The van der Waals surface area contributed by atoms with Crippen molar-refractivity contribution in [1.29, 1.82) is 5.26 Å². The average Bonchev–Trinajstić information content (AvgIpc) is 2.24. The van der Waals surface area contributed by atoms with Crippen molar-refractivity contribution < 1.29 is 0 Å². The summed E-state index contributed by atoms with van der Waals surface area (Å²) < 4.78 is 0. The number of nitrogens with zero attached hydrogens (tertiary/aromatic N) is 3. The quantitative estimate of drug-likeness (QED) is 0.699. The molecule has 88 valence electrons. The van der Waals surface area contributed by atoms with Crippen LogP contribution >= 0.6 is 0 Å². The van der Waals surface area contributed by atoms with Crippen LogP contribution in [0.1, 0.15) is 34.1 Å². The van der Waals surface area contributed by atoms with E-state index < -0.39 is 0 Å². The second-order valence-electron chi connectivity index (χ2n) is 4.09. The first-order chi connectivity index (χ1) is 7.15. The third-order valence-corrected chi connectivity index (χ3v) is 2.87. The van der Waals surface area contributed by atoms with Crippen molar-refractivity contribution in [1.82, 2.24) is 9.80 Å². The van der Waals surface area contributed by atoms with Gasteiger partial charge < -0.3 is 0 Å². The lowest BCUT2D eigenvalue weighted by atomic mass is 10.1. The van der Waals surface area contributed by atoms with Crippen LogP contribution in [0.15, 0.2) is 0 Å². The van der Waals surface area contributed by atoms with Crippen LogP contribution in [-0.4, -0.2) is 48.6 Å². The first-order valence-corrected chi connectivity index (χ1v) is 5.96. The number of hydrogen-bond acceptors (Lipinski definition) is 3. The molecule has 15 heavy (non-hydrogen) atoms. The molecule has 0 amide bonds. The monoisotopic (exact) mass is 211 g/mol. The maximum Gasteiger partial charge on any atom is 0.0638 e. The minimum absolute atomic E-state index is 0.432. The lowest BCUT2D eigenvalue weighted by Gasteiger charge is -2.40. The Kier molecular flexibility index (Phi) is 7.37. The van der Waals surface area contributed by atoms with Crippen molar-refractivity contribution in [3.63, 3.8) is 0 Å². The zero-order chi connectivity index (χ0) is 11.8. The van der Waals surface area contributed by atoms with Gasteiger partial charge in [-0.15, -0.1) is 0 Å². The molecule has 0 aromatic carbocycles. The summed E-state index contributed by atoms with van der Waals surface area (Å²) in [6, 6.07) is 3.30. The molecule has 0 bridgehead atoms. The molecule has 1 heterocycles. The number of hydrogen-bond donors (Lipinski definition) is 0. The second kappa shape index (κ2) is 7.67. The fourth-order valence-corrected chi connectivity index (χ4v) is 1.76. The van der Waals surface area contributed by atoms with Gasteiger partial charge in [-0.2, -0.15) is 5.26 Å². The van der Waals surface area contributed by atoms with Crippen LogP contribution in [0.2, 0.25) is 0 Å². The van der Waals surface area contributed by atoms with Gasteiger partial charge in [0, 0.05) is 31.7 Å². The highest BCUT2D eigenvalue weighted by Crippen LogP contribution is 2.12. The second-order valence-corrected chi connectivity index (χ2v) is 4.09. The number of nitriles is 1. The van der Waals surface area contributed by atoms with Crippen molar-refractivity contribution in [2.75, 3.05) is 26.7 Å². The van der Waals surface area contributed by atoms with Gasteiger partial charge in [0.25, 0.3) is 0 Å². The largest absolute Gasteiger partial charge is 0.300 e. The molecular formula is C12H25N3. The zero-order valence-electron chi connectivity index (χ0n) is 10.8. The van der Waals surface area contributed by atoms with E-state index in [0.717, 1.165) is 19.6 Å². The van der Waals surface area contributed by atoms with Gasteiger partial charge in [0.1, 0.15) is 0 Å². The smallest absolute Gasteiger partial charge is 0.0638 e. The fraction of sp³-hybridized carbons (Fsp3) is 0.917. The molecule has 0 saturated carbocycles. The fourth-order valence-electron chi connectivity index (χ4n) is 1.76. The molecule has 1 fully saturated rings. The Morgan fingerprint density at radius 1 is 1.33 bits per heavy atom. The minimum Gasteiger partial charge on any atom is -0.300 e. The van der Waals surface area contributed by atoms with Crippen LogP contribution in [0, 0.1) is 11.3 Å². The third-order valence-electron chi connectivity index (χ3n) is 2.87. The number of rotatable bonds is 2. The molecule has 3 heteroatoms. The highest BCUT2D eigenvalue weighted by Gasteiger charge is 2.24. The Hall–Kier alpha value is -0.590. The Labute approximate surface area is 94.7 Å². The number of likely N-dealkylation sites (N-methyl/N-ethyl adjacent to an activating group) is 1. The summed E-state index contributed by atoms with van der Waals surface area (Å²) in [7, 11) is 2.11. The van der Waals surface area contributed by atoms with Gasteiger partial charge in [-0.05, 0) is 20.9 Å². The van der Waals surface area contributed by atoms with Gasteiger partial charge in [-0.3, -0.25) is 9.80 Å². The van der Waals surface area contributed by atoms with E-state index >= 15 is 0 Å². The van der Waals surface area contributed by atoms with Gasteiger partial charge in [0.2, 0.25) is 0 Å². The van der Waals surface area contributed by atoms with E-state index in [4.69, 9.17) is 5.26 Å². The standard InChI is InChI=1S/C10H19N3.C2H6/c1-9(2)13-7-6-12(3)10(8-13)4-5-11;1-2/h9-10H,4,6-8H2,1-3H3;1-2H3. The Bertz CT molecular complexity index is 196. The van der Waals surface area contributed by atoms with Crippen LogP contribution in [0.4, 0.5) is 0 Å². The lowest BCUT2D eigenvalue weighted by molar-refractivity contribution is 0.0768. The molecule has 1 aliphatic rings. The SMILES string of the molecule is CC.CC(C)N1CCN(C)C(CC#N)C1. The molecule has 1 aliphatic heterocycles. The van der Waals surface area contributed by atoms with Crippen LogP contribution in [0.5, 0.6) is 0 Å². The molecule has 0 radical (unpaired) electrons. The average molecular weight is 211 g/mol. The number of piperazine rings is 1. The van der Waals surface area contributed by atoms with Crippen LogP contribution in [-0.2, 0) is 0 Å². The molecule has 1 atom stereocenters. The van der Waals surface area contributed by atoms with Crippen molar-refractivity contribution >= 4 is 0 Å². The normalized spacial score (nSPS) is 23.1. The molecule has 0 N–H and O–H groups in total. The molecule has 1 rings (SSSR count). The molecule has 1 unspecified atom stereocenters. The molecule has 0 aliphatic carbocycles. The van der Waals surface area contributed by atoms with E-state index in [1.165, 1.54) is 0 Å². The maximum absolute atomic E-state index is 8.67. The van der Waals surface area contributed by atoms with Crippen LogP contribution in [0.25, 0.3) is 0 Å². The summed E-state index contributed by atoms with van der Waals surface area (Å²) in [6.45, 7) is 11.7. The molecular weight excluding hydrogens is 186 g/mol. The maximum atomic E-state index is 8.67. The van der Waals surface area contributed by atoms with Crippen LogP contribution in [0.3, 0.4) is 0 Å². The summed E-state index contributed by atoms with van der Waals surface area (Å²) in [5.41, 5.74) is 0. The predicted octanol–water partition coefficient (Wildman–Crippen LogP) is 1.95. The van der Waals surface area contributed by atoms with Gasteiger partial charge in [-0.25, -0.2) is 0 Å². The van der Waals surface area contributed by atoms with E-state index in [0.29, 0.717) is 18.5 Å². The van der Waals surface area contributed by atoms with Crippen molar-refractivity contribution in [2.24, 2.45) is 0 Å². The summed E-state index contributed by atoms with van der Waals surface area (Å²) in [5, 5.41) is 8.67. The zero-order valence-corrected chi connectivity index (χ0v) is 10.8. The molecule has 1 saturated heterocycles. The predicted molar refractivity (Wildman–Crippen MR) is 64.7 cm³/mol. The van der Waals surface area contributed by atoms with E-state index in [1.807, 2.05) is 13.8 Å². The first-order valence-electron chi connectivity index (χ1n) is 5.96. The van der Waals surface area contributed by atoms with Crippen molar-refractivity contribution in [3.8, 4) is 6.07 Å². The Morgan fingerprint density at radius 3 is 2.40 bits per heavy atom. The topological polar surface area (TPSA) is 30.3 Å². The molecule has 0 aromatic heterocycles. The summed E-state index contributed by atoms with van der Waals surface area (Å²) in [6.07, 6.45) is 0.653. The van der Waals surface area contributed by atoms with Gasteiger partial charge >= 0.3 is 0 Å². The summed E-state index contributed by atoms with van der Waals surface area (Å²) >= 11 is 0. The van der Waals surface area contributed by atoms with Gasteiger partial charge in [0.15, 0.2) is 0 Å². The Balaban J connectivity index is 0.000000921.